The molecule has 0 saturated carbocycles. The van der Waals surface area contributed by atoms with Crippen molar-refractivity contribution in [2.45, 2.75) is 49.6 Å². The third kappa shape index (κ3) is 8.39. The van der Waals surface area contributed by atoms with Crippen molar-refractivity contribution in [3.05, 3.63) is 101 Å². The first-order chi connectivity index (χ1) is 19.8. The van der Waals surface area contributed by atoms with Crippen LogP contribution in [0.15, 0.2) is 83.8 Å². The molecule has 1 aliphatic heterocycles. The normalized spacial score (nSPS) is 14.5. The monoisotopic (exact) mass is 597 g/mol. The zero-order valence-corrected chi connectivity index (χ0v) is 24.5. The number of sulfonamides is 1. The zero-order chi connectivity index (χ0) is 29.2. The van der Waals surface area contributed by atoms with Crippen LogP contribution in [0.25, 0.3) is 0 Å². The summed E-state index contributed by atoms with van der Waals surface area (Å²) >= 11 is 6.07. The van der Waals surface area contributed by atoms with Crippen LogP contribution in [0.1, 0.15) is 36.0 Å². The van der Waals surface area contributed by atoms with Gasteiger partial charge in [0.05, 0.1) is 11.5 Å². The quantitative estimate of drug-likeness (QED) is 0.312. The molecule has 0 spiro atoms. The molecule has 41 heavy (non-hydrogen) atoms. The first-order valence-electron chi connectivity index (χ1n) is 13.8. The van der Waals surface area contributed by atoms with Gasteiger partial charge in [0.1, 0.15) is 6.04 Å². The fraction of sp³-hybridized carbons (Fsp3) is 0.355. The molecule has 1 heterocycles. The molecule has 218 valence electrons. The highest BCUT2D eigenvalue weighted by Gasteiger charge is 2.30. The Morgan fingerprint density at radius 1 is 0.902 bits per heavy atom. The molecule has 0 bridgehead atoms. The lowest BCUT2D eigenvalue weighted by Crippen LogP contribution is -2.51. The summed E-state index contributed by atoms with van der Waals surface area (Å²) < 4.78 is 27.2. The maximum absolute atomic E-state index is 13.8. The second-order valence-corrected chi connectivity index (χ2v) is 12.5. The fourth-order valence-corrected chi connectivity index (χ4v) is 6.58. The number of carbonyl (C=O) groups excluding carboxylic acids is 2. The third-order valence-corrected chi connectivity index (χ3v) is 9.37. The van der Waals surface area contributed by atoms with Crippen LogP contribution in [-0.4, -0.2) is 66.8 Å². The molecule has 2 N–H and O–H groups in total. The van der Waals surface area contributed by atoms with Crippen LogP contribution < -0.4 is 5.32 Å². The van der Waals surface area contributed by atoms with Gasteiger partial charge in [0.25, 0.3) is 0 Å². The van der Waals surface area contributed by atoms with E-state index in [1.807, 2.05) is 42.5 Å². The number of benzene rings is 3. The van der Waals surface area contributed by atoms with Crippen molar-refractivity contribution < 1.29 is 23.1 Å². The van der Waals surface area contributed by atoms with Crippen molar-refractivity contribution in [3.8, 4) is 0 Å². The molecule has 0 radical (unpaired) electrons. The van der Waals surface area contributed by atoms with Crippen LogP contribution in [0, 0.1) is 0 Å². The SMILES string of the molecule is O=C(NCCO)C(Cc1ccccc1)N(Cc1ccc(Cl)cc1)C(=O)CCc1ccc(S(=O)(=O)N2CCCC2)cc1. The molecule has 1 aliphatic rings. The summed E-state index contributed by atoms with van der Waals surface area (Å²) in [6.45, 7) is 1.15. The number of hydrogen-bond donors (Lipinski definition) is 2. The van der Waals surface area contributed by atoms with Crippen LogP contribution in [-0.2, 0) is 39.0 Å². The van der Waals surface area contributed by atoms with Crippen LogP contribution in [0.2, 0.25) is 5.02 Å². The molecule has 3 aromatic carbocycles. The Labute approximate surface area is 247 Å². The lowest BCUT2D eigenvalue weighted by Gasteiger charge is -2.31. The van der Waals surface area contributed by atoms with Gasteiger partial charge in [0.2, 0.25) is 21.8 Å². The number of aryl methyl sites for hydroxylation is 1. The Balaban J connectivity index is 1.54. The molecule has 10 heteroatoms. The van der Waals surface area contributed by atoms with Crippen molar-refractivity contribution in [3.63, 3.8) is 0 Å². The molecule has 3 aromatic rings. The summed E-state index contributed by atoms with van der Waals surface area (Å²) in [5.41, 5.74) is 2.56. The van der Waals surface area contributed by atoms with Crippen molar-refractivity contribution in [2.75, 3.05) is 26.2 Å². The molecule has 0 aliphatic carbocycles. The minimum atomic E-state index is -3.51. The lowest BCUT2D eigenvalue weighted by molar-refractivity contribution is -0.141. The van der Waals surface area contributed by atoms with Crippen LogP contribution in [0.3, 0.4) is 0 Å². The van der Waals surface area contributed by atoms with Gasteiger partial charge < -0.3 is 15.3 Å². The summed E-state index contributed by atoms with van der Waals surface area (Å²) in [5.74, 6) is -0.560. The van der Waals surface area contributed by atoms with E-state index in [0.717, 1.165) is 29.5 Å². The van der Waals surface area contributed by atoms with Gasteiger partial charge in [-0.25, -0.2) is 8.42 Å². The molecule has 1 saturated heterocycles. The van der Waals surface area contributed by atoms with Crippen molar-refractivity contribution >= 4 is 33.4 Å². The minimum absolute atomic E-state index is 0.0831. The average molecular weight is 598 g/mol. The lowest BCUT2D eigenvalue weighted by atomic mass is 10.0. The second kappa shape index (κ2) is 14.6. The molecule has 1 unspecified atom stereocenters. The first-order valence-corrected chi connectivity index (χ1v) is 15.7. The van der Waals surface area contributed by atoms with Crippen molar-refractivity contribution in [1.29, 1.82) is 0 Å². The number of amides is 2. The fourth-order valence-electron chi connectivity index (χ4n) is 4.94. The van der Waals surface area contributed by atoms with E-state index < -0.39 is 16.1 Å². The summed E-state index contributed by atoms with van der Waals surface area (Å²) in [6, 6.07) is 22.5. The van der Waals surface area contributed by atoms with E-state index in [-0.39, 0.29) is 42.8 Å². The number of carbonyl (C=O) groups is 2. The smallest absolute Gasteiger partial charge is 0.243 e. The average Bonchev–Trinajstić information content (AvgIpc) is 3.54. The number of aliphatic hydroxyl groups is 1. The summed E-state index contributed by atoms with van der Waals surface area (Å²) in [6.07, 6.45) is 2.56. The number of nitrogens with zero attached hydrogens (tertiary/aromatic N) is 2. The molecule has 4 rings (SSSR count). The molecule has 1 fully saturated rings. The highest BCUT2D eigenvalue weighted by Crippen LogP contribution is 2.22. The molecule has 8 nitrogen and oxygen atoms in total. The topological polar surface area (TPSA) is 107 Å². The van der Waals surface area contributed by atoms with Gasteiger partial charge in [-0.1, -0.05) is 66.2 Å². The zero-order valence-electron chi connectivity index (χ0n) is 22.9. The van der Waals surface area contributed by atoms with Gasteiger partial charge in [-0.3, -0.25) is 9.59 Å². The molecular formula is C31H36ClN3O5S. The van der Waals surface area contributed by atoms with Gasteiger partial charge >= 0.3 is 0 Å². The molecule has 2 amide bonds. The Morgan fingerprint density at radius 3 is 2.17 bits per heavy atom. The number of hydrogen-bond acceptors (Lipinski definition) is 5. The van der Waals surface area contributed by atoms with Gasteiger partial charge in [0, 0.05) is 44.0 Å². The van der Waals surface area contributed by atoms with E-state index >= 15 is 0 Å². The van der Waals surface area contributed by atoms with E-state index in [9.17, 15) is 23.1 Å². The van der Waals surface area contributed by atoms with Crippen LogP contribution in [0.5, 0.6) is 0 Å². The van der Waals surface area contributed by atoms with E-state index in [1.165, 1.54) is 4.31 Å². The van der Waals surface area contributed by atoms with E-state index in [0.29, 0.717) is 31.0 Å². The number of rotatable bonds is 13. The predicted octanol–water partition coefficient (Wildman–Crippen LogP) is 3.81. The number of aliphatic hydroxyl groups excluding tert-OH is 1. The Morgan fingerprint density at radius 2 is 1.54 bits per heavy atom. The standard InChI is InChI=1S/C31H36ClN3O5S/c32-27-13-8-26(9-14-27)23-35(29(31(38)33-18-21-36)22-25-6-2-1-3-7-25)30(37)17-12-24-10-15-28(16-11-24)41(39,40)34-19-4-5-20-34/h1-3,6-11,13-16,29,36H,4-5,12,17-23H2,(H,33,38). The van der Waals surface area contributed by atoms with Gasteiger partial charge in [-0.05, 0) is 60.2 Å². The number of nitrogens with one attached hydrogen (secondary N) is 1. The van der Waals surface area contributed by atoms with Gasteiger partial charge in [0.15, 0.2) is 0 Å². The number of halogens is 1. The predicted molar refractivity (Wildman–Crippen MR) is 159 cm³/mol. The molecular weight excluding hydrogens is 562 g/mol. The maximum Gasteiger partial charge on any atom is 0.243 e. The van der Waals surface area contributed by atoms with E-state index in [4.69, 9.17) is 11.6 Å². The third-order valence-electron chi connectivity index (χ3n) is 7.20. The van der Waals surface area contributed by atoms with Crippen LogP contribution >= 0.6 is 11.6 Å². The minimum Gasteiger partial charge on any atom is -0.395 e. The Hall–Kier alpha value is -3.24. The largest absolute Gasteiger partial charge is 0.395 e. The Bertz CT molecular complexity index is 1390. The van der Waals surface area contributed by atoms with Gasteiger partial charge in [-0.15, -0.1) is 0 Å². The van der Waals surface area contributed by atoms with Crippen molar-refractivity contribution in [1.82, 2.24) is 14.5 Å². The van der Waals surface area contributed by atoms with Crippen LogP contribution in [0.4, 0.5) is 0 Å². The highest BCUT2D eigenvalue weighted by molar-refractivity contribution is 7.89. The molecule has 0 aromatic heterocycles. The van der Waals surface area contributed by atoms with E-state index in [1.54, 1.807) is 41.3 Å². The maximum atomic E-state index is 13.8. The first kappa shape index (κ1) is 30.7. The van der Waals surface area contributed by atoms with E-state index in [2.05, 4.69) is 5.32 Å². The van der Waals surface area contributed by atoms with Crippen molar-refractivity contribution in [2.24, 2.45) is 0 Å². The summed E-state index contributed by atoms with van der Waals surface area (Å²) in [5, 5.41) is 12.6. The summed E-state index contributed by atoms with van der Waals surface area (Å²) in [4.78, 5) is 28.9. The Kier molecular flexibility index (Phi) is 10.9. The molecule has 1 atom stereocenters. The highest BCUT2D eigenvalue weighted by atomic mass is 35.5. The second-order valence-electron chi connectivity index (χ2n) is 10.1. The van der Waals surface area contributed by atoms with Gasteiger partial charge in [-0.2, -0.15) is 4.31 Å². The summed E-state index contributed by atoms with van der Waals surface area (Å²) in [7, 11) is -3.51.